The summed E-state index contributed by atoms with van der Waals surface area (Å²) in [7, 11) is 0. The smallest absolute Gasteiger partial charge is 0.152 e. The van der Waals surface area contributed by atoms with E-state index in [4.69, 9.17) is 4.74 Å². The lowest BCUT2D eigenvalue weighted by atomic mass is 9.77. The third-order valence-corrected chi connectivity index (χ3v) is 7.08. The Bertz CT molecular complexity index is 1130. The van der Waals surface area contributed by atoms with Crippen molar-refractivity contribution in [1.29, 1.82) is 0 Å². The Labute approximate surface area is 178 Å². The molecule has 2 aromatic carbocycles. The van der Waals surface area contributed by atoms with E-state index in [1.54, 1.807) is 0 Å². The predicted octanol–water partition coefficient (Wildman–Crippen LogP) is 5.48. The quantitative estimate of drug-likeness (QED) is 0.597. The molecule has 2 aromatic rings. The van der Waals surface area contributed by atoms with Crippen molar-refractivity contribution < 1.29 is 4.74 Å². The van der Waals surface area contributed by atoms with Crippen molar-refractivity contribution in [2.75, 3.05) is 6.54 Å². The van der Waals surface area contributed by atoms with Gasteiger partial charge in [0.05, 0.1) is 6.04 Å². The van der Waals surface area contributed by atoms with Crippen molar-refractivity contribution >= 4 is 0 Å². The molecule has 3 heterocycles. The van der Waals surface area contributed by atoms with E-state index in [1.807, 2.05) is 6.07 Å². The van der Waals surface area contributed by atoms with Crippen LogP contribution in [0.25, 0.3) is 11.1 Å². The van der Waals surface area contributed by atoms with Crippen LogP contribution in [0.5, 0.6) is 0 Å². The zero-order valence-corrected chi connectivity index (χ0v) is 17.1. The fourth-order valence-corrected chi connectivity index (χ4v) is 5.78. The molecule has 4 aliphatic rings. The SMILES string of the molecule is C=C1C=C2C(C#Cc3ccc(-c4ccccc4)cc3)=C[C@@H]3C[C@@]2(O1)[C@H]1CCCCN31. The molecule has 1 spiro atoms. The van der Waals surface area contributed by atoms with Gasteiger partial charge in [-0.15, -0.1) is 0 Å². The third kappa shape index (κ3) is 2.70. The van der Waals surface area contributed by atoms with Crippen LogP contribution in [0.1, 0.15) is 31.2 Å². The Morgan fingerprint density at radius 3 is 2.60 bits per heavy atom. The molecule has 0 saturated carbocycles. The van der Waals surface area contributed by atoms with Crippen molar-refractivity contribution in [3.8, 4) is 23.0 Å². The molecule has 0 aromatic heterocycles. The third-order valence-electron chi connectivity index (χ3n) is 7.08. The summed E-state index contributed by atoms with van der Waals surface area (Å²) in [6.45, 7) is 5.29. The van der Waals surface area contributed by atoms with Crippen LogP contribution in [0.15, 0.2) is 90.2 Å². The molecule has 3 atom stereocenters. The first kappa shape index (κ1) is 17.8. The number of rotatable bonds is 1. The van der Waals surface area contributed by atoms with E-state index in [9.17, 15) is 0 Å². The van der Waals surface area contributed by atoms with Gasteiger partial charge in [0.25, 0.3) is 0 Å². The van der Waals surface area contributed by atoms with Gasteiger partial charge in [0.1, 0.15) is 5.76 Å². The van der Waals surface area contributed by atoms with Crippen LogP contribution in [-0.4, -0.2) is 29.1 Å². The van der Waals surface area contributed by atoms with Crippen molar-refractivity contribution in [3.63, 3.8) is 0 Å². The Balaban J connectivity index is 1.32. The Kier molecular flexibility index (Phi) is 4.01. The highest BCUT2D eigenvalue weighted by Gasteiger charge is 2.60. The molecule has 0 amide bonds. The lowest BCUT2D eigenvalue weighted by molar-refractivity contribution is 0.0116. The molecule has 2 fully saturated rings. The average molecular weight is 392 g/mol. The molecule has 2 heteroatoms. The second kappa shape index (κ2) is 6.76. The fraction of sp³-hybridized carbons (Fsp3) is 0.286. The summed E-state index contributed by atoms with van der Waals surface area (Å²) >= 11 is 0. The molecule has 148 valence electrons. The predicted molar refractivity (Wildman–Crippen MR) is 121 cm³/mol. The van der Waals surface area contributed by atoms with Crippen LogP contribution in [0, 0.1) is 11.8 Å². The lowest BCUT2D eigenvalue weighted by Gasteiger charge is -2.38. The van der Waals surface area contributed by atoms with Crippen LogP contribution < -0.4 is 0 Å². The van der Waals surface area contributed by atoms with Crippen molar-refractivity contribution in [2.45, 2.75) is 43.4 Å². The minimum atomic E-state index is -0.224. The minimum absolute atomic E-state index is 0.224. The molecule has 3 aliphatic heterocycles. The second-order valence-electron chi connectivity index (χ2n) is 8.81. The topological polar surface area (TPSA) is 12.5 Å². The number of benzene rings is 2. The Morgan fingerprint density at radius 1 is 0.967 bits per heavy atom. The van der Waals surface area contributed by atoms with Gasteiger partial charge in [-0.3, -0.25) is 4.90 Å². The van der Waals surface area contributed by atoms with Gasteiger partial charge in [-0.2, -0.15) is 0 Å². The second-order valence-corrected chi connectivity index (χ2v) is 8.81. The average Bonchev–Trinajstić information content (AvgIpc) is 3.27. The van der Waals surface area contributed by atoms with E-state index >= 15 is 0 Å². The summed E-state index contributed by atoms with van der Waals surface area (Å²) in [4.78, 5) is 2.65. The number of hydrogen-bond acceptors (Lipinski definition) is 2. The van der Waals surface area contributed by atoms with E-state index in [-0.39, 0.29) is 5.60 Å². The zero-order chi connectivity index (χ0) is 20.1. The monoisotopic (exact) mass is 391 g/mol. The van der Waals surface area contributed by atoms with E-state index in [0.717, 1.165) is 23.3 Å². The molecule has 0 radical (unpaired) electrons. The van der Waals surface area contributed by atoms with Gasteiger partial charge >= 0.3 is 0 Å². The summed E-state index contributed by atoms with van der Waals surface area (Å²) in [5.41, 5.74) is 5.65. The summed E-state index contributed by atoms with van der Waals surface area (Å²) in [6, 6.07) is 19.9. The standard InChI is InChI=1S/C28H25NO/c1-20-17-26-24(18-25-19-28(26,30-20)27-9-5-6-16-29(25)27)15-12-21-10-13-23(14-11-21)22-7-3-2-4-8-22/h2-4,7-8,10-11,13-14,17-18,25,27H,1,5-6,9,16,19H2/t25-,27-,28+/m1/s1. The molecule has 2 saturated heterocycles. The van der Waals surface area contributed by atoms with Gasteiger partial charge in [-0.1, -0.05) is 73.4 Å². The van der Waals surface area contributed by atoms with Crippen LogP contribution in [-0.2, 0) is 4.74 Å². The maximum Gasteiger partial charge on any atom is 0.152 e. The van der Waals surface area contributed by atoms with E-state index in [0.29, 0.717) is 12.1 Å². The number of ether oxygens (including phenoxy) is 1. The van der Waals surface area contributed by atoms with Crippen molar-refractivity contribution in [3.05, 3.63) is 95.8 Å². The van der Waals surface area contributed by atoms with Gasteiger partial charge < -0.3 is 4.74 Å². The minimum Gasteiger partial charge on any atom is -0.481 e. The highest BCUT2D eigenvalue weighted by Crippen LogP contribution is 2.54. The fourth-order valence-electron chi connectivity index (χ4n) is 5.78. The molecular formula is C28H25NO. The van der Waals surface area contributed by atoms with Gasteiger partial charge in [-0.25, -0.2) is 0 Å². The Hall–Kier alpha value is -3.02. The first-order valence-corrected chi connectivity index (χ1v) is 11.0. The van der Waals surface area contributed by atoms with Gasteiger partial charge in [-0.05, 0) is 48.7 Å². The first-order chi connectivity index (χ1) is 14.7. The maximum absolute atomic E-state index is 6.42. The maximum atomic E-state index is 6.42. The summed E-state index contributed by atoms with van der Waals surface area (Å²) < 4.78 is 6.42. The van der Waals surface area contributed by atoms with E-state index in [2.05, 4.69) is 84.0 Å². The summed E-state index contributed by atoms with van der Waals surface area (Å²) in [5.74, 6) is 7.68. The number of allylic oxidation sites excluding steroid dienone is 1. The summed E-state index contributed by atoms with van der Waals surface area (Å²) in [5, 5.41) is 0. The van der Waals surface area contributed by atoms with Gasteiger partial charge in [0.2, 0.25) is 0 Å². The molecule has 30 heavy (non-hydrogen) atoms. The first-order valence-electron chi connectivity index (χ1n) is 11.0. The highest BCUT2D eigenvalue weighted by atomic mass is 16.5. The Morgan fingerprint density at radius 2 is 1.77 bits per heavy atom. The molecule has 0 N–H and O–H groups in total. The zero-order valence-electron chi connectivity index (χ0n) is 17.1. The number of piperidine rings is 1. The largest absolute Gasteiger partial charge is 0.481 e. The van der Waals surface area contributed by atoms with E-state index < -0.39 is 0 Å². The van der Waals surface area contributed by atoms with Crippen molar-refractivity contribution in [1.82, 2.24) is 4.90 Å². The van der Waals surface area contributed by atoms with E-state index in [1.165, 1.54) is 42.5 Å². The van der Waals surface area contributed by atoms with Crippen LogP contribution in [0.4, 0.5) is 0 Å². The lowest BCUT2D eigenvalue weighted by Crippen LogP contribution is -2.48. The normalized spacial score (nSPS) is 29.1. The van der Waals surface area contributed by atoms with Gasteiger partial charge in [0, 0.05) is 29.2 Å². The van der Waals surface area contributed by atoms with Crippen LogP contribution >= 0.6 is 0 Å². The van der Waals surface area contributed by atoms with Gasteiger partial charge in [0.15, 0.2) is 5.60 Å². The molecular weight excluding hydrogens is 366 g/mol. The van der Waals surface area contributed by atoms with Crippen LogP contribution in [0.3, 0.4) is 0 Å². The molecule has 1 aliphatic carbocycles. The molecule has 6 rings (SSSR count). The number of nitrogens with zero attached hydrogens (tertiary/aromatic N) is 1. The highest BCUT2D eigenvalue weighted by molar-refractivity contribution is 5.65. The molecule has 2 nitrogen and oxygen atoms in total. The molecule has 2 bridgehead atoms. The summed E-state index contributed by atoms with van der Waals surface area (Å²) in [6.07, 6.45) is 9.32. The number of fused-ring (bicyclic) bond motifs is 3. The molecule has 0 unspecified atom stereocenters. The van der Waals surface area contributed by atoms with Crippen LogP contribution in [0.2, 0.25) is 0 Å². The van der Waals surface area contributed by atoms with Crippen molar-refractivity contribution in [2.24, 2.45) is 0 Å². The number of hydrogen-bond donors (Lipinski definition) is 0.